The normalized spacial score (nSPS) is 12.8. The Morgan fingerprint density at radius 3 is 2.62 bits per heavy atom. The molecule has 188 valence electrons. The van der Waals surface area contributed by atoms with E-state index in [0.717, 1.165) is 28.9 Å². The quantitative estimate of drug-likeness (QED) is 0.306. The molecule has 0 aliphatic heterocycles. The Hall–Kier alpha value is -2.45. The second kappa shape index (κ2) is 16.2. The first-order chi connectivity index (χ1) is 16.5. The average molecular weight is 473 g/mol. The number of rotatable bonds is 17. The van der Waals surface area contributed by atoms with E-state index in [1.165, 1.54) is 0 Å². The van der Waals surface area contributed by atoms with Crippen LogP contribution in [0.5, 0.6) is 5.75 Å². The lowest BCUT2D eigenvalue weighted by atomic mass is 10.1. The summed E-state index contributed by atoms with van der Waals surface area (Å²) in [5.74, 6) is 0.793. The Morgan fingerprint density at radius 2 is 1.88 bits per heavy atom. The van der Waals surface area contributed by atoms with Crippen molar-refractivity contribution in [3.05, 3.63) is 65.2 Å². The van der Waals surface area contributed by atoms with Crippen LogP contribution in [-0.4, -0.2) is 56.6 Å². The van der Waals surface area contributed by atoms with Gasteiger partial charge in [0.05, 0.1) is 32.5 Å². The number of aryl methyl sites for hydroxylation is 1. The second-order valence-electron chi connectivity index (χ2n) is 8.60. The summed E-state index contributed by atoms with van der Waals surface area (Å²) >= 11 is 0. The Morgan fingerprint density at radius 1 is 1.09 bits per heavy atom. The van der Waals surface area contributed by atoms with Gasteiger partial charge in [-0.1, -0.05) is 42.5 Å². The summed E-state index contributed by atoms with van der Waals surface area (Å²) in [6, 6.07) is 15.5. The van der Waals surface area contributed by atoms with Gasteiger partial charge in [-0.25, -0.2) is 0 Å². The maximum atomic E-state index is 12.2. The number of hydrogen-bond acceptors (Lipinski definition) is 6. The van der Waals surface area contributed by atoms with Gasteiger partial charge in [0.1, 0.15) is 5.75 Å². The zero-order chi connectivity index (χ0) is 24.6. The van der Waals surface area contributed by atoms with Gasteiger partial charge in [0.15, 0.2) is 0 Å². The second-order valence-corrected chi connectivity index (χ2v) is 8.60. The molecule has 0 fully saturated rings. The maximum Gasteiger partial charge on any atom is 0.220 e. The van der Waals surface area contributed by atoms with E-state index in [2.05, 4.69) is 5.32 Å². The van der Waals surface area contributed by atoms with Gasteiger partial charge in [-0.15, -0.1) is 0 Å². The number of carbonyl (C=O) groups is 1. The molecular weight excluding hydrogens is 432 g/mol. The number of methoxy groups -OCH3 is 1. The van der Waals surface area contributed by atoms with Crippen LogP contribution in [0.15, 0.2) is 48.5 Å². The summed E-state index contributed by atoms with van der Waals surface area (Å²) in [5.41, 5.74) is 9.37. The molecule has 0 saturated carbocycles. The summed E-state index contributed by atoms with van der Waals surface area (Å²) < 4.78 is 16.7. The minimum Gasteiger partial charge on any atom is -0.493 e. The lowest BCUT2D eigenvalue weighted by Gasteiger charge is -2.17. The van der Waals surface area contributed by atoms with Gasteiger partial charge in [-0.2, -0.15) is 0 Å². The Balaban J connectivity index is 1.63. The van der Waals surface area contributed by atoms with Crippen molar-refractivity contribution in [3.63, 3.8) is 0 Å². The van der Waals surface area contributed by atoms with Crippen molar-refractivity contribution in [1.29, 1.82) is 0 Å². The minimum atomic E-state index is -0.282. The number of nitrogens with one attached hydrogen (secondary N) is 1. The van der Waals surface area contributed by atoms with Gasteiger partial charge >= 0.3 is 0 Å². The third kappa shape index (κ3) is 11.1. The zero-order valence-corrected chi connectivity index (χ0v) is 20.5. The van der Waals surface area contributed by atoms with Crippen LogP contribution in [-0.2, 0) is 27.3 Å². The van der Waals surface area contributed by atoms with E-state index in [1.54, 1.807) is 7.11 Å². The molecule has 0 spiro atoms. The predicted molar refractivity (Wildman–Crippen MR) is 134 cm³/mol. The molecule has 2 aromatic carbocycles. The van der Waals surface area contributed by atoms with E-state index in [-0.39, 0.29) is 24.6 Å². The molecule has 7 nitrogen and oxygen atoms in total. The van der Waals surface area contributed by atoms with Crippen LogP contribution in [0.1, 0.15) is 42.4 Å². The molecule has 0 radical (unpaired) electrons. The first-order valence-electron chi connectivity index (χ1n) is 12.0. The number of aliphatic hydroxyl groups is 1. The molecule has 34 heavy (non-hydrogen) atoms. The fourth-order valence-electron chi connectivity index (χ4n) is 3.57. The molecule has 4 N–H and O–H groups in total. The number of amides is 1. The molecule has 0 heterocycles. The van der Waals surface area contributed by atoms with E-state index in [1.807, 2.05) is 55.5 Å². The SMILES string of the molecule is COCCCOc1cc(COCC(N)CCCC(=O)NC(CO)Cc2ccccc2)ccc1C. The fraction of sp³-hybridized carbons (Fsp3) is 0.519. The summed E-state index contributed by atoms with van der Waals surface area (Å²) in [6.07, 6.45) is 3.19. The molecule has 0 aromatic heterocycles. The highest BCUT2D eigenvalue weighted by atomic mass is 16.5. The lowest BCUT2D eigenvalue weighted by molar-refractivity contribution is -0.122. The van der Waals surface area contributed by atoms with Crippen LogP contribution < -0.4 is 15.8 Å². The van der Waals surface area contributed by atoms with Crippen molar-refractivity contribution in [1.82, 2.24) is 5.32 Å². The molecule has 2 rings (SSSR count). The largest absolute Gasteiger partial charge is 0.493 e. The summed E-state index contributed by atoms with van der Waals surface area (Å²) in [4.78, 5) is 12.2. The third-order valence-electron chi connectivity index (χ3n) is 5.49. The van der Waals surface area contributed by atoms with Crippen LogP contribution in [0.3, 0.4) is 0 Å². The molecule has 2 atom stereocenters. The maximum absolute atomic E-state index is 12.2. The number of nitrogens with two attached hydrogens (primary N) is 1. The number of hydrogen-bond donors (Lipinski definition) is 3. The van der Waals surface area contributed by atoms with Gasteiger partial charge in [0, 0.05) is 32.6 Å². The highest BCUT2D eigenvalue weighted by Gasteiger charge is 2.13. The van der Waals surface area contributed by atoms with Crippen molar-refractivity contribution >= 4 is 5.91 Å². The fourth-order valence-corrected chi connectivity index (χ4v) is 3.57. The van der Waals surface area contributed by atoms with Gasteiger partial charge in [-0.05, 0) is 48.9 Å². The molecule has 0 saturated heterocycles. The molecular formula is C27H40N2O5. The van der Waals surface area contributed by atoms with Gasteiger partial charge in [0.25, 0.3) is 0 Å². The third-order valence-corrected chi connectivity index (χ3v) is 5.49. The van der Waals surface area contributed by atoms with Crippen molar-refractivity contribution in [2.24, 2.45) is 5.73 Å². The zero-order valence-electron chi connectivity index (χ0n) is 20.5. The van der Waals surface area contributed by atoms with E-state index in [4.69, 9.17) is 19.9 Å². The van der Waals surface area contributed by atoms with Gasteiger partial charge < -0.3 is 30.4 Å². The lowest BCUT2D eigenvalue weighted by Crippen LogP contribution is -2.39. The Kier molecular flexibility index (Phi) is 13.3. The van der Waals surface area contributed by atoms with E-state index >= 15 is 0 Å². The van der Waals surface area contributed by atoms with Crippen LogP contribution in [0.2, 0.25) is 0 Å². The first kappa shape index (κ1) is 27.8. The molecule has 0 aliphatic carbocycles. The molecule has 2 aromatic rings. The van der Waals surface area contributed by atoms with Crippen molar-refractivity contribution in [2.45, 2.75) is 57.7 Å². The summed E-state index contributed by atoms with van der Waals surface area (Å²) in [6.45, 7) is 4.10. The van der Waals surface area contributed by atoms with Crippen LogP contribution in [0, 0.1) is 6.92 Å². The van der Waals surface area contributed by atoms with E-state index < -0.39 is 0 Å². The number of benzene rings is 2. The topological polar surface area (TPSA) is 103 Å². The Labute approximate surface area is 203 Å². The molecule has 1 amide bonds. The highest BCUT2D eigenvalue weighted by Crippen LogP contribution is 2.20. The van der Waals surface area contributed by atoms with Gasteiger partial charge in [0.2, 0.25) is 5.91 Å². The number of ether oxygens (including phenoxy) is 3. The summed E-state index contributed by atoms with van der Waals surface area (Å²) in [7, 11) is 1.68. The molecule has 0 bridgehead atoms. The van der Waals surface area contributed by atoms with Gasteiger partial charge in [-0.3, -0.25) is 4.79 Å². The molecule has 0 aliphatic rings. The van der Waals surface area contributed by atoms with Crippen molar-refractivity contribution in [3.8, 4) is 5.75 Å². The highest BCUT2D eigenvalue weighted by molar-refractivity contribution is 5.76. The predicted octanol–water partition coefficient (Wildman–Crippen LogP) is 3.14. The smallest absolute Gasteiger partial charge is 0.220 e. The molecule has 2 unspecified atom stereocenters. The van der Waals surface area contributed by atoms with Crippen LogP contribution in [0.25, 0.3) is 0 Å². The number of carbonyl (C=O) groups excluding carboxylic acids is 1. The van der Waals surface area contributed by atoms with Crippen molar-refractivity contribution in [2.75, 3.05) is 33.5 Å². The van der Waals surface area contributed by atoms with Crippen LogP contribution in [0.4, 0.5) is 0 Å². The Bertz CT molecular complexity index is 831. The standard InChI is InChI=1S/C27H40N2O5/c1-21-12-13-23(17-26(21)34-15-7-14-32-2)19-33-20-24(28)10-6-11-27(31)29-25(18-30)16-22-8-4-3-5-9-22/h3-5,8-9,12-13,17,24-25,30H,6-7,10-11,14-16,18-20,28H2,1-2H3,(H,29,31). The summed E-state index contributed by atoms with van der Waals surface area (Å²) in [5, 5.41) is 12.5. The first-order valence-corrected chi connectivity index (χ1v) is 12.0. The monoisotopic (exact) mass is 472 g/mol. The van der Waals surface area contributed by atoms with E-state index in [9.17, 15) is 9.90 Å². The molecule has 7 heteroatoms. The van der Waals surface area contributed by atoms with E-state index in [0.29, 0.717) is 52.1 Å². The van der Waals surface area contributed by atoms with Crippen LogP contribution >= 0.6 is 0 Å². The average Bonchev–Trinajstić information content (AvgIpc) is 2.83. The minimum absolute atomic E-state index is 0.0687. The van der Waals surface area contributed by atoms with Crippen molar-refractivity contribution < 1.29 is 24.1 Å². The number of aliphatic hydroxyl groups excluding tert-OH is 1.